The lowest BCUT2D eigenvalue weighted by Crippen LogP contribution is -2.38. The minimum atomic E-state index is -0.287. The van der Waals surface area contributed by atoms with Crippen LogP contribution in [0.2, 0.25) is 0 Å². The van der Waals surface area contributed by atoms with Gasteiger partial charge in [0.2, 0.25) is 0 Å². The van der Waals surface area contributed by atoms with Crippen LogP contribution >= 0.6 is 11.3 Å². The number of anilines is 2. The first-order valence-corrected chi connectivity index (χ1v) is 10.6. The number of aromatic nitrogens is 4. The van der Waals surface area contributed by atoms with Crippen molar-refractivity contribution in [2.45, 2.75) is 25.4 Å². The molecular formula is C20H22N6O2S. The van der Waals surface area contributed by atoms with Gasteiger partial charge in [0.05, 0.1) is 23.7 Å². The first kappa shape index (κ1) is 18.3. The minimum absolute atomic E-state index is 0.0186. The summed E-state index contributed by atoms with van der Waals surface area (Å²) < 4.78 is 1.70. The molecule has 2 aliphatic rings. The van der Waals surface area contributed by atoms with E-state index in [1.807, 2.05) is 31.6 Å². The maximum absolute atomic E-state index is 13.0. The SMILES string of the molecule is Cn1cc(N2CCc3nc(-c4ccc(N5CCCC(O)C5)nc4)sc3C2=O)cn1. The van der Waals surface area contributed by atoms with E-state index in [0.29, 0.717) is 18.0 Å². The molecule has 5 rings (SSSR count). The number of nitrogens with zero attached hydrogens (tertiary/aromatic N) is 6. The third-order valence-corrected chi connectivity index (χ3v) is 6.56. The molecule has 0 bridgehead atoms. The number of pyridine rings is 1. The smallest absolute Gasteiger partial charge is 0.270 e. The van der Waals surface area contributed by atoms with E-state index in [0.717, 1.165) is 53.6 Å². The Labute approximate surface area is 172 Å². The number of β-amino-alcohol motifs (C(OH)–C–C–N with tert-alkyl or cyclic N) is 1. The lowest BCUT2D eigenvalue weighted by atomic mass is 10.1. The van der Waals surface area contributed by atoms with E-state index in [4.69, 9.17) is 4.98 Å². The van der Waals surface area contributed by atoms with Gasteiger partial charge in [-0.1, -0.05) is 0 Å². The Morgan fingerprint density at radius 1 is 1.24 bits per heavy atom. The van der Waals surface area contributed by atoms with E-state index < -0.39 is 0 Å². The van der Waals surface area contributed by atoms with Crippen molar-refractivity contribution in [2.75, 3.05) is 29.4 Å². The Morgan fingerprint density at radius 2 is 2.14 bits per heavy atom. The standard InChI is InChI=1S/C20H22N6O2S/c1-24-11-14(10-22-24)26-8-6-16-18(20(26)28)29-19(23-16)13-4-5-17(21-9-13)25-7-2-3-15(27)12-25/h4-5,9-11,15,27H,2-3,6-8,12H2,1H3. The fourth-order valence-corrected chi connectivity index (χ4v) is 4.96. The molecule has 9 heteroatoms. The number of rotatable bonds is 3. The van der Waals surface area contributed by atoms with E-state index in [1.165, 1.54) is 11.3 Å². The summed E-state index contributed by atoms with van der Waals surface area (Å²) in [6.45, 7) is 2.14. The van der Waals surface area contributed by atoms with Crippen LogP contribution in [-0.4, -0.2) is 56.5 Å². The van der Waals surface area contributed by atoms with E-state index in [-0.39, 0.29) is 12.0 Å². The number of carbonyl (C=O) groups is 1. The zero-order valence-electron chi connectivity index (χ0n) is 16.2. The number of hydrogen-bond acceptors (Lipinski definition) is 7. The van der Waals surface area contributed by atoms with E-state index in [9.17, 15) is 9.90 Å². The molecule has 1 fully saturated rings. The molecule has 3 aromatic rings. The quantitative estimate of drug-likeness (QED) is 0.712. The summed E-state index contributed by atoms with van der Waals surface area (Å²) in [5.74, 6) is 0.850. The molecule has 1 unspecified atom stereocenters. The van der Waals surface area contributed by atoms with Crippen LogP contribution in [0.15, 0.2) is 30.7 Å². The number of aliphatic hydroxyl groups excluding tert-OH is 1. The highest BCUT2D eigenvalue weighted by Crippen LogP contribution is 2.33. The maximum atomic E-state index is 13.0. The molecule has 5 heterocycles. The molecular weight excluding hydrogens is 388 g/mol. The normalized spacial score (nSPS) is 19.5. The van der Waals surface area contributed by atoms with Crippen molar-refractivity contribution in [1.29, 1.82) is 0 Å². The zero-order chi connectivity index (χ0) is 20.0. The predicted molar refractivity (Wildman–Crippen MR) is 111 cm³/mol. The number of piperidine rings is 1. The largest absolute Gasteiger partial charge is 0.391 e. The van der Waals surface area contributed by atoms with E-state index in [2.05, 4.69) is 15.0 Å². The van der Waals surface area contributed by atoms with Gasteiger partial charge in [0, 0.05) is 51.1 Å². The van der Waals surface area contributed by atoms with Crippen molar-refractivity contribution in [2.24, 2.45) is 7.05 Å². The number of fused-ring (bicyclic) bond motifs is 1. The van der Waals surface area contributed by atoms with Crippen LogP contribution < -0.4 is 9.80 Å². The summed E-state index contributed by atoms with van der Waals surface area (Å²) >= 11 is 1.42. The van der Waals surface area contributed by atoms with Crippen molar-refractivity contribution in [3.8, 4) is 10.6 Å². The van der Waals surface area contributed by atoms with E-state index in [1.54, 1.807) is 15.8 Å². The van der Waals surface area contributed by atoms with Crippen LogP contribution in [0.3, 0.4) is 0 Å². The number of aryl methyl sites for hydroxylation is 1. The fraction of sp³-hybridized carbons (Fsp3) is 0.400. The van der Waals surface area contributed by atoms with Gasteiger partial charge in [-0.05, 0) is 25.0 Å². The third-order valence-electron chi connectivity index (χ3n) is 5.43. The Balaban J connectivity index is 1.38. The van der Waals surface area contributed by atoms with Crippen LogP contribution in [0.1, 0.15) is 28.2 Å². The van der Waals surface area contributed by atoms with Crippen LogP contribution in [0.5, 0.6) is 0 Å². The second-order valence-electron chi connectivity index (χ2n) is 7.52. The average Bonchev–Trinajstić information content (AvgIpc) is 3.35. The van der Waals surface area contributed by atoms with Gasteiger partial charge in [-0.3, -0.25) is 9.48 Å². The first-order chi connectivity index (χ1) is 14.1. The number of thiazole rings is 1. The second-order valence-corrected chi connectivity index (χ2v) is 8.52. The lowest BCUT2D eigenvalue weighted by molar-refractivity contribution is 0.0984. The Hall–Kier alpha value is -2.78. The van der Waals surface area contributed by atoms with Crippen LogP contribution in [-0.2, 0) is 13.5 Å². The first-order valence-electron chi connectivity index (χ1n) is 9.78. The van der Waals surface area contributed by atoms with Gasteiger partial charge >= 0.3 is 0 Å². The number of aliphatic hydroxyl groups is 1. The van der Waals surface area contributed by atoms with Gasteiger partial charge in [0.15, 0.2) is 0 Å². The molecule has 1 amide bonds. The van der Waals surface area contributed by atoms with Crippen LogP contribution in [0.4, 0.5) is 11.5 Å². The molecule has 150 valence electrons. The highest BCUT2D eigenvalue weighted by atomic mass is 32.1. The highest BCUT2D eigenvalue weighted by molar-refractivity contribution is 7.17. The highest BCUT2D eigenvalue weighted by Gasteiger charge is 2.30. The summed E-state index contributed by atoms with van der Waals surface area (Å²) in [6, 6.07) is 3.97. The summed E-state index contributed by atoms with van der Waals surface area (Å²) in [5.41, 5.74) is 2.58. The van der Waals surface area contributed by atoms with Crippen LogP contribution in [0, 0.1) is 0 Å². The van der Waals surface area contributed by atoms with Crippen LogP contribution in [0.25, 0.3) is 10.6 Å². The summed E-state index contributed by atoms with van der Waals surface area (Å²) in [4.78, 5) is 26.8. The molecule has 0 spiro atoms. The second kappa shape index (κ2) is 7.23. The van der Waals surface area contributed by atoms with Gasteiger partial charge < -0.3 is 14.9 Å². The molecule has 29 heavy (non-hydrogen) atoms. The van der Waals surface area contributed by atoms with Crippen molar-refractivity contribution in [1.82, 2.24) is 19.7 Å². The Morgan fingerprint density at radius 3 is 2.86 bits per heavy atom. The molecule has 1 saturated heterocycles. The molecule has 0 aliphatic carbocycles. The lowest BCUT2D eigenvalue weighted by Gasteiger charge is -2.30. The number of hydrogen-bond donors (Lipinski definition) is 1. The van der Waals surface area contributed by atoms with Crippen molar-refractivity contribution < 1.29 is 9.90 Å². The minimum Gasteiger partial charge on any atom is -0.391 e. The van der Waals surface area contributed by atoms with Crippen molar-refractivity contribution >= 4 is 28.7 Å². The zero-order valence-corrected chi connectivity index (χ0v) is 17.0. The van der Waals surface area contributed by atoms with Gasteiger partial charge in [0.1, 0.15) is 15.7 Å². The summed E-state index contributed by atoms with van der Waals surface area (Å²) in [6.07, 6.45) is 7.64. The predicted octanol–water partition coefficient (Wildman–Crippen LogP) is 2.10. The molecule has 0 saturated carbocycles. The molecule has 1 N–H and O–H groups in total. The number of amides is 1. The summed E-state index contributed by atoms with van der Waals surface area (Å²) in [5, 5.41) is 14.9. The monoisotopic (exact) mass is 410 g/mol. The van der Waals surface area contributed by atoms with Crippen molar-refractivity contribution in [3.63, 3.8) is 0 Å². The molecule has 0 aromatic carbocycles. The molecule has 1 atom stereocenters. The number of carbonyl (C=O) groups excluding carboxylic acids is 1. The molecule has 0 radical (unpaired) electrons. The average molecular weight is 411 g/mol. The van der Waals surface area contributed by atoms with Gasteiger partial charge in [-0.25, -0.2) is 9.97 Å². The van der Waals surface area contributed by atoms with E-state index >= 15 is 0 Å². The molecule has 3 aromatic heterocycles. The maximum Gasteiger partial charge on any atom is 0.270 e. The van der Waals surface area contributed by atoms with Crippen molar-refractivity contribution in [3.05, 3.63) is 41.3 Å². The van der Waals surface area contributed by atoms with Gasteiger partial charge in [-0.2, -0.15) is 5.10 Å². The molecule has 8 nitrogen and oxygen atoms in total. The Kier molecular flexibility index (Phi) is 4.56. The third kappa shape index (κ3) is 3.40. The topological polar surface area (TPSA) is 87.4 Å². The Bertz CT molecular complexity index is 1040. The summed E-state index contributed by atoms with van der Waals surface area (Å²) in [7, 11) is 1.84. The van der Waals surface area contributed by atoms with Gasteiger partial charge in [-0.15, -0.1) is 11.3 Å². The molecule has 2 aliphatic heterocycles. The fourth-order valence-electron chi connectivity index (χ4n) is 3.91. The van der Waals surface area contributed by atoms with Gasteiger partial charge in [0.25, 0.3) is 5.91 Å².